The topological polar surface area (TPSA) is 65.0 Å². The van der Waals surface area contributed by atoms with Crippen molar-refractivity contribution < 1.29 is 24.4 Å². The Balaban J connectivity index is 1.73. The number of aliphatic hydroxyl groups is 1. The van der Waals surface area contributed by atoms with E-state index in [1.165, 1.54) is 5.57 Å². The summed E-state index contributed by atoms with van der Waals surface area (Å²) in [6.45, 7) is 2.54. The molecule has 3 aliphatic carbocycles. The molecule has 5 heteroatoms. The van der Waals surface area contributed by atoms with Gasteiger partial charge in [0.25, 0.3) is 0 Å². The molecule has 0 unspecified atom stereocenters. The highest BCUT2D eigenvalue weighted by Gasteiger charge is 2.63. The van der Waals surface area contributed by atoms with Gasteiger partial charge in [0.1, 0.15) is 12.7 Å². The largest absolute Gasteiger partial charge is 0.458 e. The Morgan fingerprint density at radius 1 is 1.41 bits per heavy atom. The fourth-order valence-electron chi connectivity index (χ4n) is 5.21. The minimum Gasteiger partial charge on any atom is -0.458 e. The van der Waals surface area contributed by atoms with Gasteiger partial charge in [-0.25, -0.2) is 9.68 Å². The van der Waals surface area contributed by atoms with E-state index in [4.69, 9.17) is 14.5 Å². The monoisotopic (exact) mass is 302 g/mol. The van der Waals surface area contributed by atoms with Crippen molar-refractivity contribution >= 4 is 5.97 Å². The first-order valence-corrected chi connectivity index (χ1v) is 7.90. The number of rotatable bonds is 0. The average molecular weight is 302 g/mol. The SMILES string of the molecule is C[C@]12C3=C4CC=C[C@@]3(O)OO[C@@H]1CC1=C(COC1=O)[C@@H]2CC4. The molecule has 0 aromatic rings. The second-order valence-corrected chi connectivity index (χ2v) is 7.11. The van der Waals surface area contributed by atoms with Gasteiger partial charge in [0.15, 0.2) is 0 Å². The molecule has 0 saturated carbocycles. The van der Waals surface area contributed by atoms with Crippen LogP contribution >= 0.6 is 0 Å². The average Bonchev–Trinajstić information content (AvgIpc) is 2.85. The fourth-order valence-corrected chi connectivity index (χ4v) is 5.21. The van der Waals surface area contributed by atoms with Crippen LogP contribution in [0, 0.1) is 11.3 Å². The maximum Gasteiger partial charge on any atom is 0.334 e. The lowest BCUT2D eigenvalue weighted by Crippen LogP contribution is -2.59. The Morgan fingerprint density at radius 2 is 2.27 bits per heavy atom. The van der Waals surface area contributed by atoms with Crippen molar-refractivity contribution in [1.29, 1.82) is 0 Å². The molecular formula is C17H18O5. The predicted molar refractivity (Wildman–Crippen MR) is 75.1 cm³/mol. The number of cyclic esters (lactones) is 1. The lowest BCUT2D eigenvalue weighted by molar-refractivity contribution is -0.449. The van der Waals surface area contributed by atoms with E-state index in [1.54, 1.807) is 6.08 Å². The number of allylic oxidation sites excluding steroid dienone is 2. The van der Waals surface area contributed by atoms with Crippen molar-refractivity contribution in [3.63, 3.8) is 0 Å². The predicted octanol–water partition coefficient (Wildman–Crippen LogP) is 1.94. The van der Waals surface area contributed by atoms with Gasteiger partial charge >= 0.3 is 5.97 Å². The minimum absolute atomic E-state index is 0.174. The van der Waals surface area contributed by atoms with Crippen molar-refractivity contribution in [1.82, 2.24) is 0 Å². The first-order valence-electron chi connectivity index (χ1n) is 7.90. The van der Waals surface area contributed by atoms with Gasteiger partial charge in [-0.15, -0.1) is 0 Å². The number of hydrogen-bond donors (Lipinski definition) is 1. The molecule has 4 atom stereocenters. The van der Waals surface area contributed by atoms with Crippen molar-refractivity contribution in [2.24, 2.45) is 11.3 Å². The molecule has 0 spiro atoms. The quantitative estimate of drug-likeness (QED) is 0.421. The molecule has 5 nitrogen and oxygen atoms in total. The lowest BCUT2D eigenvalue weighted by atomic mass is 9.52. The molecule has 1 saturated heterocycles. The third kappa shape index (κ3) is 1.33. The summed E-state index contributed by atoms with van der Waals surface area (Å²) < 4.78 is 5.26. The van der Waals surface area contributed by atoms with Crippen molar-refractivity contribution in [2.45, 2.75) is 44.5 Å². The zero-order valence-corrected chi connectivity index (χ0v) is 12.4. The van der Waals surface area contributed by atoms with E-state index in [-0.39, 0.29) is 23.4 Å². The van der Waals surface area contributed by atoms with Gasteiger partial charge in [0, 0.05) is 23.0 Å². The van der Waals surface area contributed by atoms with Crippen molar-refractivity contribution in [3.8, 4) is 0 Å². The molecule has 2 heterocycles. The summed E-state index contributed by atoms with van der Waals surface area (Å²) >= 11 is 0. The van der Waals surface area contributed by atoms with Crippen LogP contribution in [0.4, 0.5) is 0 Å². The first kappa shape index (κ1) is 13.0. The van der Waals surface area contributed by atoms with Crippen molar-refractivity contribution in [2.75, 3.05) is 6.61 Å². The Kier molecular flexibility index (Phi) is 2.32. The Labute approximate surface area is 128 Å². The summed E-state index contributed by atoms with van der Waals surface area (Å²) in [4.78, 5) is 22.9. The maximum atomic E-state index is 12.0. The number of esters is 1. The first-order chi connectivity index (χ1) is 10.5. The molecule has 5 rings (SSSR count). The molecule has 0 bridgehead atoms. The standard InChI is InChI=1S/C17H18O5/c1-16-12-5-4-9-3-2-6-17(19,14(9)16)22-21-13(16)7-10-11(12)8-20-15(10)18/h2,6,12-13,19H,3-5,7-8H2,1H3/t12-,13+,16+,17+/m0/s1. The zero-order valence-electron chi connectivity index (χ0n) is 12.4. The Bertz CT molecular complexity index is 687. The normalized spacial score (nSPS) is 45.6. The van der Waals surface area contributed by atoms with E-state index in [0.29, 0.717) is 13.0 Å². The van der Waals surface area contributed by atoms with Crippen LogP contribution in [0.3, 0.4) is 0 Å². The van der Waals surface area contributed by atoms with Crippen LogP contribution < -0.4 is 0 Å². The van der Waals surface area contributed by atoms with E-state index in [2.05, 4.69) is 6.92 Å². The number of carbonyl (C=O) groups excluding carboxylic acids is 1. The highest BCUT2D eigenvalue weighted by atomic mass is 17.2. The van der Waals surface area contributed by atoms with Crippen LogP contribution in [0.25, 0.3) is 0 Å². The van der Waals surface area contributed by atoms with Crippen LogP contribution in [0.15, 0.2) is 34.4 Å². The van der Waals surface area contributed by atoms with E-state index in [1.807, 2.05) is 6.08 Å². The van der Waals surface area contributed by atoms with Gasteiger partial charge in [-0.2, -0.15) is 4.89 Å². The summed E-state index contributed by atoms with van der Waals surface area (Å²) in [5, 5.41) is 10.9. The number of fused-ring (bicyclic) bond motifs is 1. The van der Waals surface area contributed by atoms with Gasteiger partial charge in [-0.1, -0.05) is 18.6 Å². The highest BCUT2D eigenvalue weighted by Crippen LogP contribution is 2.62. The molecule has 0 aromatic carbocycles. The fraction of sp³-hybridized carbons (Fsp3) is 0.588. The second-order valence-electron chi connectivity index (χ2n) is 7.11. The third-order valence-electron chi connectivity index (χ3n) is 6.18. The zero-order chi connectivity index (χ0) is 15.1. The lowest BCUT2D eigenvalue weighted by Gasteiger charge is -2.57. The second kappa shape index (κ2) is 3.91. The van der Waals surface area contributed by atoms with Gasteiger partial charge in [-0.3, -0.25) is 0 Å². The van der Waals surface area contributed by atoms with Gasteiger partial charge in [-0.05, 0) is 36.8 Å². The van der Waals surface area contributed by atoms with Crippen LogP contribution in [0.1, 0.15) is 32.6 Å². The van der Waals surface area contributed by atoms with Crippen molar-refractivity contribution in [3.05, 3.63) is 34.4 Å². The molecule has 1 fully saturated rings. The van der Waals surface area contributed by atoms with E-state index >= 15 is 0 Å². The molecule has 5 aliphatic rings. The summed E-state index contributed by atoms with van der Waals surface area (Å²) in [6, 6.07) is 0. The molecule has 2 aliphatic heterocycles. The summed E-state index contributed by atoms with van der Waals surface area (Å²) in [5.74, 6) is -1.50. The molecular weight excluding hydrogens is 284 g/mol. The summed E-state index contributed by atoms with van der Waals surface area (Å²) in [7, 11) is 0. The van der Waals surface area contributed by atoms with Gasteiger partial charge in [0.05, 0.1) is 0 Å². The minimum atomic E-state index is -1.46. The number of hydrogen-bond acceptors (Lipinski definition) is 5. The van der Waals surface area contributed by atoms with E-state index in [9.17, 15) is 9.90 Å². The number of carbonyl (C=O) groups is 1. The van der Waals surface area contributed by atoms with E-state index in [0.717, 1.165) is 36.0 Å². The summed E-state index contributed by atoms with van der Waals surface area (Å²) in [6.07, 6.45) is 6.63. The number of ether oxygens (including phenoxy) is 1. The third-order valence-corrected chi connectivity index (χ3v) is 6.18. The molecule has 1 N–H and O–H groups in total. The molecule has 116 valence electrons. The molecule has 0 aromatic heterocycles. The van der Waals surface area contributed by atoms with Crippen LogP contribution in [0.2, 0.25) is 0 Å². The Hall–Kier alpha value is -1.43. The van der Waals surface area contributed by atoms with Gasteiger partial charge in [0.2, 0.25) is 5.79 Å². The van der Waals surface area contributed by atoms with Gasteiger partial charge < -0.3 is 9.84 Å². The molecule has 0 radical (unpaired) electrons. The van der Waals surface area contributed by atoms with E-state index < -0.39 is 5.79 Å². The highest BCUT2D eigenvalue weighted by molar-refractivity contribution is 5.92. The molecule has 0 amide bonds. The van der Waals surface area contributed by atoms with Crippen LogP contribution in [-0.4, -0.2) is 29.6 Å². The van der Waals surface area contributed by atoms with Crippen LogP contribution in [-0.2, 0) is 19.3 Å². The maximum absolute atomic E-state index is 12.0. The Morgan fingerprint density at radius 3 is 3.14 bits per heavy atom. The summed E-state index contributed by atoms with van der Waals surface area (Å²) in [5.41, 5.74) is 3.75. The smallest absolute Gasteiger partial charge is 0.334 e. The molecule has 22 heavy (non-hydrogen) atoms. The van der Waals surface area contributed by atoms with Crippen LogP contribution in [0.5, 0.6) is 0 Å².